The van der Waals surface area contributed by atoms with E-state index in [0.717, 1.165) is 70.5 Å². The Kier molecular flexibility index (Phi) is 6.89. The second kappa shape index (κ2) is 10.0. The average Bonchev–Trinajstić information content (AvgIpc) is 3.56. The number of rotatable bonds is 5. The minimum absolute atomic E-state index is 0.0000866. The molecule has 0 saturated carbocycles. The molecule has 5 nitrogen and oxygen atoms in total. The highest BCUT2D eigenvalue weighted by Gasteiger charge is 2.33. The molecule has 2 N–H and O–H groups in total. The summed E-state index contributed by atoms with van der Waals surface area (Å²) in [5.41, 5.74) is 15.9. The second-order valence-electron chi connectivity index (χ2n) is 10.8. The van der Waals surface area contributed by atoms with Crippen molar-refractivity contribution < 1.29 is 4.79 Å². The third kappa shape index (κ3) is 4.13. The van der Waals surface area contributed by atoms with Gasteiger partial charge in [0.05, 0.1) is 23.0 Å². The number of fused-ring (bicyclic) bond motifs is 8. The lowest BCUT2D eigenvalue weighted by atomic mass is 9.88. The average molecular weight is 509 g/mol. The molecule has 0 aliphatic carbocycles. The molecular weight excluding hydrogens is 468 g/mol. The highest BCUT2D eigenvalue weighted by molar-refractivity contribution is 5.92. The lowest BCUT2D eigenvalue weighted by Crippen LogP contribution is -2.11. The number of aryl methyl sites for hydroxylation is 4. The summed E-state index contributed by atoms with van der Waals surface area (Å²) in [4.78, 5) is 30.5. The smallest absolute Gasteiger partial charge is 0.139 e. The molecule has 8 bridgehead atoms. The molecule has 2 atom stereocenters. The number of allylic oxidation sites excluding steroid dienone is 2. The molecule has 0 saturated heterocycles. The van der Waals surface area contributed by atoms with E-state index >= 15 is 0 Å². The molecular formula is C33H40N4O. The van der Waals surface area contributed by atoms with Gasteiger partial charge >= 0.3 is 0 Å². The number of hydrogen-bond donors (Lipinski definition) is 2. The molecule has 0 amide bonds. The molecule has 38 heavy (non-hydrogen) atoms. The second-order valence-corrected chi connectivity index (χ2v) is 10.8. The maximum Gasteiger partial charge on any atom is 0.139 e. The van der Waals surface area contributed by atoms with Gasteiger partial charge in [-0.1, -0.05) is 34.6 Å². The van der Waals surface area contributed by atoms with Crippen molar-refractivity contribution in [2.24, 2.45) is 0 Å². The van der Waals surface area contributed by atoms with E-state index < -0.39 is 0 Å². The monoisotopic (exact) mass is 508 g/mol. The first-order valence-corrected chi connectivity index (χ1v) is 14.2. The van der Waals surface area contributed by atoms with E-state index in [0.29, 0.717) is 0 Å². The van der Waals surface area contributed by atoms with Gasteiger partial charge in [0.1, 0.15) is 5.78 Å². The van der Waals surface area contributed by atoms with Crippen molar-refractivity contribution in [2.45, 2.75) is 92.9 Å². The number of nitrogens with one attached hydrogen (secondary N) is 2. The Bertz CT molecular complexity index is 1630. The van der Waals surface area contributed by atoms with Crippen LogP contribution in [0.3, 0.4) is 0 Å². The summed E-state index contributed by atoms with van der Waals surface area (Å²) >= 11 is 0. The highest BCUT2D eigenvalue weighted by atomic mass is 16.1. The summed E-state index contributed by atoms with van der Waals surface area (Å²) in [6.45, 7) is 17.0. The fraction of sp³-hybridized carbons (Fsp3) is 0.424. The third-order valence-corrected chi connectivity index (χ3v) is 8.66. The van der Waals surface area contributed by atoms with E-state index in [-0.39, 0.29) is 17.6 Å². The number of aromatic amines is 2. The van der Waals surface area contributed by atoms with Crippen LogP contribution in [0.15, 0.2) is 24.3 Å². The number of carbonyl (C=O) groups is 1. The molecule has 198 valence electrons. The Labute approximate surface area is 225 Å². The SMILES string of the molecule is CCC1=C(C)c2cc3[nH]c(cc4[nH]c(cc5nc(cc1n2)[C@@H](C)[C@@H]5C(C)=O)c(CC)c4C)c(CC)c3CC. The molecule has 0 aromatic carbocycles. The lowest BCUT2D eigenvalue weighted by molar-refractivity contribution is -0.118. The zero-order chi connectivity index (χ0) is 27.3. The summed E-state index contributed by atoms with van der Waals surface area (Å²) in [7, 11) is 0. The van der Waals surface area contributed by atoms with Crippen molar-refractivity contribution >= 4 is 39.0 Å². The van der Waals surface area contributed by atoms with Gasteiger partial charge in [0.25, 0.3) is 0 Å². The molecule has 5 heteroatoms. The van der Waals surface area contributed by atoms with E-state index in [4.69, 9.17) is 9.97 Å². The molecule has 0 fully saturated rings. The summed E-state index contributed by atoms with van der Waals surface area (Å²) in [5, 5.41) is 0. The lowest BCUT2D eigenvalue weighted by Gasteiger charge is -2.12. The zero-order valence-corrected chi connectivity index (χ0v) is 24.1. The van der Waals surface area contributed by atoms with Gasteiger partial charge in [-0.25, -0.2) is 4.98 Å². The van der Waals surface area contributed by atoms with Crippen molar-refractivity contribution in [3.05, 3.63) is 69.3 Å². The van der Waals surface area contributed by atoms with Crippen molar-refractivity contribution in [1.82, 2.24) is 19.9 Å². The van der Waals surface area contributed by atoms with Crippen LogP contribution in [0.4, 0.5) is 0 Å². The predicted octanol–water partition coefficient (Wildman–Crippen LogP) is 8.13. The van der Waals surface area contributed by atoms with Gasteiger partial charge in [0, 0.05) is 33.7 Å². The Morgan fingerprint density at radius 2 is 1.34 bits per heavy atom. The number of H-pyrrole nitrogens is 2. The van der Waals surface area contributed by atoms with Gasteiger partial charge in [-0.15, -0.1) is 0 Å². The zero-order valence-electron chi connectivity index (χ0n) is 24.1. The number of aromatic nitrogens is 4. The normalized spacial score (nSPS) is 17.4. The van der Waals surface area contributed by atoms with Gasteiger partial charge in [-0.3, -0.25) is 9.78 Å². The first-order valence-electron chi connectivity index (χ1n) is 14.2. The molecule has 0 spiro atoms. The number of hydrogen-bond acceptors (Lipinski definition) is 3. The first kappa shape index (κ1) is 26.1. The number of Topliss-reactive ketones (excluding diaryl/α,β-unsaturated/α-hetero) is 1. The Balaban J connectivity index is 1.99. The minimum Gasteiger partial charge on any atom is -0.355 e. The van der Waals surface area contributed by atoms with Crippen molar-refractivity contribution in [2.75, 3.05) is 0 Å². The van der Waals surface area contributed by atoms with Crippen molar-refractivity contribution in [3.63, 3.8) is 0 Å². The van der Waals surface area contributed by atoms with Crippen LogP contribution in [-0.2, 0) is 24.1 Å². The van der Waals surface area contributed by atoms with Gasteiger partial charge in [-0.05, 0) is 104 Å². The van der Waals surface area contributed by atoms with Gasteiger partial charge < -0.3 is 9.97 Å². The predicted molar refractivity (Wildman–Crippen MR) is 158 cm³/mol. The van der Waals surface area contributed by atoms with Crippen LogP contribution >= 0.6 is 0 Å². The fourth-order valence-corrected chi connectivity index (χ4v) is 6.57. The Hall–Kier alpha value is -3.47. The van der Waals surface area contributed by atoms with Crippen LogP contribution in [0.2, 0.25) is 0 Å². The Morgan fingerprint density at radius 1 is 0.737 bits per heavy atom. The van der Waals surface area contributed by atoms with Crippen LogP contribution in [0.5, 0.6) is 0 Å². The summed E-state index contributed by atoms with van der Waals surface area (Å²) < 4.78 is 0. The standard InChI is InChI=1S/C33H40N4O/c1-9-21-17(5)25-13-30-23(11-3)24(12-4)31(37-30)14-26-18(6)22(10-2)29(35-26)16-32-33(20(8)38)19(7)27(36-32)15-28(21)34-25/h13-16,19,33,35,37H,9-12H2,1-8H3/t19-,33-/m1/s1. The molecule has 3 aromatic heterocycles. The van der Waals surface area contributed by atoms with E-state index in [2.05, 4.69) is 82.7 Å². The maximum absolute atomic E-state index is 12.9. The molecule has 0 unspecified atom stereocenters. The topological polar surface area (TPSA) is 74.4 Å². The maximum atomic E-state index is 12.9. The summed E-state index contributed by atoms with van der Waals surface area (Å²) in [6, 6.07) is 8.71. The van der Waals surface area contributed by atoms with Gasteiger partial charge in [0.2, 0.25) is 0 Å². The summed E-state index contributed by atoms with van der Waals surface area (Å²) in [5.74, 6) is -0.106. The molecule has 3 aromatic rings. The van der Waals surface area contributed by atoms with Crippen LogP contribution in [0.1, 0.15) is 112 Å². The first-order chi connectivity index (χ1) is 18.2. The Morgan fingerprint density at radius 3 is 1.95 bits per heavy atom. The quantitative estimate of drug-likeness (QED) is 0.365. The van der Waals surface area contributed by atoms with E-state index in [1.807, 2.05) is 0 Å². The molecule has 2 aliphatic rings. The summed E-state index contributed by atoms with van der Waals surface area (Å²) in [6.07, 6.45) is 3.72. The van der Waals surface area contributed by atoms with E-state index in [9.17, 15) is 4.79 Å². The van der Waals surface area contributed by atoms with Crippen molar-refractivity contribution in [3.8, 4) is 0 Å². The van der Waals surface area contributed by atoms with Gasteiger partial charge in [0.15, 0.2) is 0 Å². The van der Waals surface area contributed by atoms with Gasteiger partial charge in [-0.2, -0.15) is 0 Å². The fourth-order valence-electron chi connectivity index (χ4n) is 6.57. The number of ketones is 1. The van der Waals surface area contributed by atoms with Crippen LogP contribution in [-0.4, -0.2) is 25.7 Å². The molecule has 5 heterocycles. The van der Waals surface area contributed by atoms with Crippen LogP contribution in [0, 0.1) is 6.92 Å². The minimum atomic E-state index is -0.255. The van der Waals surface area contributed by atoms with Crippen LogP contribution < -0.4 is 0 Å². The van der Waals surface area contributed by atoms with Crippen LogP contribution in [0.25, 0.3) is 33.2 Å². The van der Waals surface area contributed by atoms with Crippen molar-refractivity contribution in [1.29, 1.82) is 0 Å². The molecule has 2 aliphatic heterocycles. The highest BCUT2D eigenvalue weighted by Crippen LogP contribution is 2.39. The molecule has 0 radical (unpaired) electrons. The third-order valence-electron chi connectivity index (χ3n) is 8.66. The molecule has 5 rings (SSSR count). The van der Waals surface area contributed by atoms with E-state index in [1.165, 1.54) is 33.4 Å². The number of nitrogens with zero attached hydrogens (tertiary/aromatic N) is 2. The number of carbonyl (C=O) groups excluding carboxylic acids is 1. The van der Waals surface area contributed by atoms with E-state index in [1.54, 1.807) is 6.92 Å². The largest absolute Gasteiger partial charge is 0.355 e.